The van der Waals surface area contributed by atoms with Gasteiger partial charge >= 0.3 is 0 Å². The smallest absolute Gasteiger partial charge is 0.236 e. The van der Waals surface area contributed by atoms with Gasteiger partial charge in [-0.15, -0.1) is 0 Å². The molecule has 0 radical (unpaired) electrons. The van der Waals surface area contributed by atoms with Crippen LogP contribution in [0.15, 0.2) is 55.1 Å². The Morgan fingerprint density at radius 2 is 1.67 bits per heavy atom. The average Bonchev–Trinajstić information content (AvgIpc) is 3.29. The molecule has 0 saturated carbocycles. The molecule has 2 aliphatic heterocycles. The fraction of sp³-hybridized carbons (Fsp3) is 0.385. The van der Waals surface area contributed by atoms with Gasteiger partial charge in [0.05, 0.1) is 12.5 Å². The first-order valence-electron chi connectivity index (χ1n) is 11.5. The molecule has 1 atom stereocenters. The number of carbonyl (C=O) groups is 2. The minimum absolute atomic E-state index is 0.0399. The molecule has 4 rings (SSSR count). The number of rotatable bonds is 6. The predicted molar refractivity (Wildman–Crippen MR) is 131 cm³/mol. The number of hydrogen-bond donors (Lipinski definition) is 2. The lowest BCUT2D eigenvalue weighted by Gasteiger charge is -2.36. The van der Waals surface area contributed by atoms with Crippen LogP contribution in [0.25, 0.3) is 5.57 Å². The van der Waals surface area contributed by atoms with Crippen molar-refractivity contribution in [2.45, 2.75) is 13.3 Å². The van der Waals surface area contributed by atoms with E-state index in [0.717, 1.165) is 37.2 Å². The highest BCUT2D eigenvalue weighted by molar-refractivity contribution is 5.93. The molecule has 2 fully saturated rings. The Hall–Kier alpha value is -3.32. The van der Waals surface area contributed by atoms with Gasteiger partial charge in [0.15, 0.2) is 0 Å². The van der Waals surface area contributed by atoms with E-state index in [4.69, 9.17) is 0 Å². The summed E-state index contributed by atoms with van der Waals surface area (Å²) in [6.45, 7) is 10.7. The number of nitrogens with zero attached hydrogens (tertiary/aromatic N) is 3. The molecule has 0 spiro atoms. The molecule has 2 aromatic rings. The van der Waals surface area contributed by atoms with Crippen molar-refractivity contribution < 1.29 is 14.7 Å². The van der Waals surface area contributed by atoms with Crippen molar-refractivity contribution in [1.29, 1.82) is 0 Å². The number of amides is 2. The SMILES string of the molecule is C=C(C)c1ccc(N2CCN(C(=O)CN3CC[C@H](C(=O)Nc4ccc(O)cc4)C3)CC2)cc1. The van der Waals surface area contributed by atoms with Gasteiger partial charge in [0.2, 0.25) is 11.8 Å². The fourth-order valence-electron chi connectivity index (χ4n) is 4.44. The number of hydrogen-bond acceptors (Lipinski definition) is 5. The van der Waals surface area contributed by atoms with E-state index in [2.05, 4.69) is 46.0 Å². The second-order valence-electron chi connectivity index (χ2n) is 8.95. The summed E-state index contributed by atoms with van der Waals surface area (Å²) in [4.78, 5) is 31.7. The summed E-state index contributed by atoms with van der Waals surface area (Å²) in [5.74, 6) is 0.125. The van der Waals surface area contributed by atoms with E-state index >= 15 is 0 Å². The Bertz CT molecular complexity index is 995. The Morgan fingerprint density at radius 3 is 2.30 bits per heavy atom. The van der Waals surface area contributed by atoms with E-state index in [1.807, 2.05) is 11.8 Å². The Kier molecular flexibility index (Phi) is 6.99. The number of likely N-dealkylation sites (tertiary alicyclic amines) is 1. The predicted octanol–water partition coefficient (Wildman–Crippen LogP) is 3.03. The lowest BCUT2D eigenvalue weighted by molar-refractivity contribution is -0.132. The molecule has 2 amide bonds. The van der Waals surface area contributed by atoms with E-state index in [1.54, 1.807) is 24.3 Å². The lowest BCUT2D eigenvalue weighted by atomic mass is 10.1. The van der Waals surface area contributed by atoms with Crippen molar-refractivity contribution in [2.75, 3.05) is 56.0 Å². The zero-order chi connectivity index (χ0) is 23.4. The summed E-state index contributed by atoms with van der Waals surface area (Å²) < 4.78 is 0. The summed E-state index contributed by atoms with van der Waals surface area (Å²) in [5, 5.41) is 12.3. The van der Waals surface area contributed by atoms with Crippen molar-refractivity contribution in [3.63, 3.8) is 0 Å². The van der Waals surface area contributed by atoms with Gasteiger partial charge in [-0.25, -0.2) is 0 Å². The van der Waals surface area contributed by atoms with Crippen molar-refractivity contribution in [3.8, 4) is 5.75 Å². The van der Waals surface area contributed by atoms with Gasteiger partial charge < -0.3 is 20.2 Å². The largest absolute Gasteiger partial charge is 0.508 e. The van der Waals surface area contributed by atoms with Gasteiger partial charge in [-0.05, 0) is 61.9 Å². The number of piperazine rings is 1. The number of nitrogens with one attached hydrogen (secondary N) is 1. The summed E-state index contributed by atoms with van der Waals surface area (Å²) in [6, 6.07) is 14.9. The summed E-state index contributed by atoms with van der Waals surface area (Å²) in [6.07, 6.45) is 0.741. The molecule has 2 N–H and O–H groups in total. The minimum atomic E-state index is -0.134. The molecule has 2 heterocycles. The molecular weight excluding hydrogens is 416 g/mol. The molecule has 7 heteroatoms. The van der Waals surface area contributed by atoms with Crippen LogP contribution in [-0.4, -0.2) is 72.5 Å². The molecule has 0 aromatic heterocycles. The standard InChI is InChI=1S/C26H32N4O3/c1-19(2)20-3-7-23(8-4-20)29-13-15-30(16-14-29)25(32)18-28-12-11-21(17-28)26(33)27-22-5-9-24(31)10-6-22/h3-10,21,31H,1,11-18H2,2H3,(H,27,33)/t21-/m0/s1. The number of anilines is 2. The molecular formula is C26H32N4O3. The number of benzene rings is 2. The van der Waals surface area contributed by atoms with Crippen LogP contribution in [0.1, 0.15) is 18.9 Å². The van der Waals surface area contributed by atoms with E-state index in [1.165, 1.54) is 5.69 Å². The summed E-state index contributed by atoms with van der Waals surface area (Å²) >= 11 is 0. The third kappa shape index (κ3) is 5.73. The van der Waals surface area contributed by atoms with Crippen molar-refractivity contribution in [2.24, 2.45) is 5.92 Å². The van der Waals surface area contributed by atoms with Crippen molar-refractivity contribution in [3.05, 3.63) is 60.7 Å². The molecule has 0 aliphatic carbocycles. The van der Waals surface area contributed by atoms with Crippen LogP contribution in [0.3, 0.4) is 0 Å². The first-order chi connectivity index (χ1) is 15.9. The average molecular weight is 449 g/mol. The number of phenolic OH excluding ortho intramolecular Hbond substituents is 1. The van der Waals surface area contributed by atoms with E-state index in [0.29, 0.717) is 31.9 Å². The number of phenols is 1. The van der Waals surface area contributed by atoms with Crippen LogP contribution in [0, 0.1) is 5.92 Å². The first kappa shape index (κ1) is 22.9. The van der Waals surface area contributed by atoms with Crippen LogP contribution >= 0.6 is 0 Å². The maximum atomic E-state index is 12.8. The number of allylic oxidation sites excluding steroid dienone is 1. The molecule has 33 heavy (non-hydrogen) atoms. The maximum Gasteiger partial charge on any atom is 0.236 e. The lowest BCUT2D eigenvalue weighted by Crippen LogP contribution is -2.51. The highest BCUT2D eigenvalue weighted by Crippen LogP contribution is 2.22. The van der Waals surface area contributed by atoms with E-state index in [9.17, 15) is 14.7 Å². The first-order valence-corrected chi connectivity index (χ1v) is 11.5. The van der Waals surface area contributed by atoms with Crippen molar-refractivity contribution >= 4 is 28.8 Å². The zero-order valence-corrected chi connectivity index (χ0v) is 19.2. The highest BCUT2D eigenvalue weighted by atomic mass is 16.3. The van der Waals surface area contributed by atoms with E-state index < -0.39 is 0 Å². The second-order valence-corrected chi connectivity index (χ2v) is 8.95. The zero-order valence-electron chi connectivity index (χ0n) is 19.2. The van der Waals surface area contributed by atoms with Gasteiger partial charge in [-0.3, -0.25) is 14.5 Å². The third-order valence-electron chi connectivity index (χ3n) is 6.49. The van der Waals surface area contributed by atoms with Gasteiger partial charge in [0.25, 0.3) is 0 Å². The number of aromatic hydroxyl groups is 1. The van der Waals surface area contributed by atoms with Crippen molar-refractivity contribution in [1.82, 2.24) is 9.80 Å². The van der Waals surface area contributed by atoms with Crippen LogP contribution in [0.4, 0.5) is 11.4 Å². The van der Waals surface area contributed by atoms with Gasteiger partial charge in [-0.1, -0.05) is 24.3 Å². The second kappa shape index (κ2) is 10.1. The monoisotopic (exact) mass is 448 g/mol. The summed E-state index contributed by atoms with van der Waals surface area (Å²) in [5.41, 5.74) is 4.04. The number of carbonyl (C=O) groups excluding carboxylic acids is 2. The molecule has 174 valence electrons. The van der Waals surface area contributed by atoms with Gasteiger partial charge in [0.1, 0.15) is 5.75 Å². The normalized spacial score (nSPS) is 18.9. The molecule has 0 bridgehead atoms. The molecule has 2 saturated heterocycles. The Balaban J connectivity index is 1.22. The Morgan fingerprint density at radius 1 is 1.00 bits per heavy atom. The molecule has 2 aromatic carbocycles. The van der Waals surface area contributed by atoms with Crippen LogP contribution < -0.4 is 10.2 Å². The third-order valence-corrected chi connectivity index (χ3v) is 6.49. The molecule has 7 nitrogen and oxygen atoms in total. The molecule has 2 aliphatic rings. The quantitative estimate of drug-likeness (QED) is 0.665. The fourth-order valence-corrected chi connectivity index (χ4v) is 4.44. The highest BCUT2D eigenvalue weighted by Gasteiger charge is 2.31. The van der Waals surface area contributed by atoms with Crippen LogP contribution in [0.2, 0.25) is 0 Å². The molecule has 0 unspecified atom stereocenters. The van der Waals surface area contributed by atoms with Gasteiger partial charge in [0, 0.05) is 44.1 Å². The van der Waals surface area contributed by atoms with Crippen LogP contribution in [0.5, 0.6) is 5.75 Å². The minimum Gasteiger partial charge on any atom is -0.508 e. The Labute approximate surface area is 195 Å². The van der Waals surface area contributed by atoms with E-state index in [-0.39, 0.29) is 23.5 Å². The maximum absolute atomic E-state index is 12.8. The topological polar surface area (TPSA) is 76.1 Å². The van der Waals surface area contributed by atoms with Crippen LogP contribution in [-0.2, 0) is 9.59 Å². The summed E-state index contributed by atoms with van der Waals surface area (Å²) in [7, 11) is 0. The van der Waals surface area contributed by atoms with Gasteiger partial charge in [-0.2, -0.15) is 0 Å².